The van der Waals surface area contributed by atoms with Crippen molar-refractivity contribution in [2.75, 3.05) is 13.1 Å². The molecule has 4 nitrogen and oxygen atoms in total. The first kappa shape index (κ1) is 11.8. The molecule has 1 N–H and O–H groups in total. The SMILES string of the molecule is C=CCN1C(=O)CNC(=O)C1C(C)CC. The second-order valence-corrected chi connectivity index (χ2v) is 3.88. The molecule has 0 aromatic rings. The Morgan fingerprint density at radius 3 is 2.87 bits per heavy atom. The van der Waals surface area contributed by atoms with Crippen molar-refractivity contribution in [1.29, 1.82) is 0 Å². The van der Waals surface area contributed by atoms with E-state index in [0.29, 0.717) is 6.54 Å². The predicted molar refractivity (Wildman–Crippen MR) is 58.2 cm³/mol. The minimum absolute atomic E-state index is 0.0280. The van der Waals surface area contributed by atoms with Crippen molar-refractivity contribution in [2.45, 2.75) is 26.3 Å². The minimum Gasteiger partial charge on any atom is -0.345 e. The highest BCUT2D eigenvalue weighted by Crippen LogP contribution is 2.17. The summed E-state index contributed by atoms with van der Waals surface area (Å²) in [4.78, 5) is 24.9. The van der Waals surface area contributed by atoms with Crippen molar-refractivity contribution in [1.82, 2.24) is 10.2 Å². The Morgan fingerprint density at radius 1 is 1.67 bits per heavy atom. The van der Waals surface area contributed by atoms with Crippen LogP contribution < -0.4 is 5.32 Å². The summed E-state index contributed by atoms with van der Waals surface area (Å²) in [7, 11) is 0. The molecule has 0 spiro atoms. The smallest absolute Gasteiger partial charge is 0.243 e. The van der Waals surface area contributed by atoms with Crippen molar-refractivity contribution < 1.29 is 9.59 Å². The molecule has 0 saturated carbocycles. The molecule has 0 bridgehead atoms. The van der Waals surface area contributed by atoms with E-state index in [1.54, 1.807) is 11.0 Å². The lowest BCUT2D eigenvalue weighted by molar-refractivity contribution is -0.146. The maximum absolute atomic E-state index is 11.7. The Bertz CT molecular complexity index is 276. The topological polar surface area (TPSA) is 49.4 Å². The number of amides is 2. The van der Waals surface area contributed by atoms with Crippen LogP contribution in [0, 0.1) is 5.92 Å². The van der Waals surface area contributed by atoms with Gasteiger partial charge in [-0.3, -0.25) is 9.59 Å². The largest absolute Gasteiger partial charge is 0.345 e. The zero-order valence-corrected chi connectivity index (χ0v) is 9.32. The first-order valence-electron chi connectivity index (χ1n) is 5.29. The van der Waals surface area contributed by atoms with Gasteiger partial charge < -0.3 is 10.2 Å². The monoisotopic (exact) mass is 210 g/mol. The molecular formula is C11H18N2O2. The van der Waals surface area contributed by atoms with Gasteiger partial charge in [0.2, 0.25) is 11.8 Å². The Morgan fingerprint density at radius 2 is 2.33 bits per heavy atom. The van der Waals surface area contributed by atoms with Crippen LogP contribution in [0.5, 0.6) is 0 Å². The normalized spacial score (nSPS) is 23.6. The van der Waals surface area contributed by atoms with Crippen LogP contribution in [-0.4, -0.2) is 35.8 Å². The van der Waals surface area contributed by atoms with E-state index in [-0.39, 0.29) is 30.3 Å². The maximum Gasteiger partial charge on any atom is 0.243 e. The quantitative estimate of drug-likeness (QED) is 0.689. The molecule has 0 radical (unpaired) electrons. The summed E-state index contributed by atoms with van der Waals surface area (Å²) in [6.45, 7) is 8.17. The molecular weight excluding hydrogens is 192 g/mol. The Hall–Kier alpha value is -1.32. The number of nitrogens with zero attached hydrogens (tertiary/aromatic N) is 1. The van der Waals surface area contributed by atoms with E-state index in [9.17, 15) is 9.59 Å². The third-order valence-corrected chi connectivity index (χ3v) is 2.85. The fourth-order valence-electron chi connectivity index (χ4n) is 1.81. The van der Waals surface area contributed by atoms with Crippen LogP contribution >= 0.6 is 0 Å². The number of hydrogen-bond donors (Lipinski definition) is 1. The van der Waals surface area contributed by atoms with E-state index in [4.69, 9.17) is 0 Å². The van der Waals surface area contributed by atoms with E-state index in [2.05, 4.69) is 11.9 Å². The van der Waals surface area contributed by atoms with Gasteiger partial charge in [0.05, 0.1) is 6.54 Å². The van der Waals surface area contributed by atoms with Gasteiger partial charge in [-0.1, -0.05) is 26.3 Å². The molecule has 2 atom stereocenters. The average Bonchev–Trinajstić information content (AvgIpc) is 2.23. The summed E-state index contributed by atoms with van der Waals surface area (Å²) in [5.41, 5.74) is 0. The Kier molecular flexibility index (Phi) is 3.88. The molecule has 1 fully saturated rings. The fourth-order valence-corrected chi connectivity index (χ4v) is 1.81. The van der Waals surface area contributed by atoms with Crippen molar-refractivity contribution in [2.24, 2.45) is 5.92 Å². The van der Waals surface area contributed by atoms with Gasteiger partial charge in [-0.2, -0.15) is 0 Å². The van der Waals surface area contributed by atoms with Crippen molar-refractivity contribution >= 4 is 11.8 Å². The van der Waals surface area contributed by atoms with Gasteiger partial charge in [-0.25, -0.2) is 0 Å². The zero-order valence-electron chi connectivity index (χ0n) is 9.32. The minimum atomic E-state index is -0.339. The molecule has 15 heavy (non-hydrogen) atoms. The molecule has 84 valence electrons. The van der Waals surface area contributed by atoms with Crippen LogP contribution in [-0.2, 0) is 9.59 Å². The first-order chi connectivity index (χ1) is 7.11. The van der Waals surface area contributed by atoms with Gasteiger partial charge >= 0.3 is 0 Å². The lowest BCUT2D eigenvalue weighted by Crippen LogP contribution is -2.60. The predicted octanol–water partition coefficient (Wildman–Crippen LogP) is 0.545. The standard InChI is InChI=1S/C11H18N2O2/c1-4-6-13-9(14)7-12-11(15)10(13)8(3)5-2/h4,8,10H,1,5-7H2,2-3H3,(H,12,15). The number of hydrogen-bond acceptors (Lipinski definition) is 2. The lowest BCUT2D eigenvalue weighted by Gasteiger charge is -2.37. The van der Waals surface area contributed by atoms with Crippen LogP contribution in [0.15, 0.2) is 12.7 Å². The summed E-state index contributed by atoms with van der Waals surface area (Å²) < 4.78 is 0. The van der Waals surface area contributed by atoms with Gasteiger partial charge in [-0.05, 0) is 5.92 Å². The molecule has 4 heteroatoms. The molecule has 1 aliphatic rings. The van der Waals surface area contributed by atoms with Crippen molar-refractivity contribution in [3.8, 4) is 0 Å². The first-order valence-corrected chi connectivity index (χ1v) is 5.29. The third kappa shape index (κ3) is 2.37. The van der Waals surface area contributed by atoms with E-state index < -0.39 is 0 Å². The maximum atomic E-state index is 11.7. The fraction of sp³-hybridized carbons (Fsp3) is 0.636. The van der Waals surface area contributed by atoms with E-state index in [1.807, 2.05) is 13.8 Å². The van der Waals surface area contributed by atoms with Gasteiger partial charge in [0.25, 0.3) is 0 Å². The highest BCUT2D eigenvalue weighted by atomic mass is 16.2. The molecule has 2 unspecified atom stereocenters. The summed E-state index contributed by atoms with van der Waals surface area (Å²) in [6.07, 6.45) is 2.53. The van der Waals surface area contributed by atoms with Gasteiger partial charge in [0.1, 0.15) is 6.04 Å². The highest BCUT2D eigenvalue weighted by Gasteiger charge is 2.36. The summed E-state index contributed by atoms with van der Waals surface area (Å²) >= 11 is 0. The van der Waals surface area contributed by atoms with Crippen LogP contribution in [0.4, 0.5) is 0 Å². The number of piperazine rings is 1. The second kappa shape index (κ2) is 4.96. The molecule has 0 aromatic heterocycles. The summed E-state index contributed by atoms with van der Waals surface area (Å²) in [6, 6.07) is -0.339. The van der Waals surface area contributed by atoms with Crippen LogP contribution in [0.1, 0.15) is 20.3 Å². The zero-order chi connectivity index (χ0) is 11.4. The van der Waals surface area contributed by atoms with Gasteiger partial charge in [-0.15, -0.1) is 6.58 Å². The molecule has 2 amide bonds. The van der Waals surface area contributed by atoms with Crippen molar-refractivity contribution in [3.05, 3.63) is 12.7 Å². The summed E-state index contributed by atoms with van der Waals surface area (Å²) in [5.74, 6) is 0.0970. The van der Waals surface area contributed by atoms with Crippen LogP contribution in [0.25, 0.3) is 0 Å². The Labute approximate surface area is 90.3 Å². The Balaban J connectivity index is 2.87. The lowest BCUT2D eigenvalue weighted by atomic mass is 9.95. The van der Waals surface area contributed by atoms with E-state index in [1.165, 1.54) is 0 Å². The molecule has 1 saturated heterocycles. The van der Waals surface area contributed by atoms with Crippen LogP contribution in [0.2, 0.25) is 0 Å². The third-order valence-electron chi connectivity index (χ3n) is 2.85. The number of rotatable bonds is 4. The second-order valence-electron chi connectivity index (χ2n) is 3.88. The van der Waals surface area contributed by atoms with Crippen molar-refractivity contribution in [3.63, 3.8) is 0 Å². The molecule has 0 aromatic carbocycles. The highest BCUT2D eigenvalue weighted by molar-refractivity contribution is 5.95. The number of carbonyl (C=O) groups excluding carboxylic acids is 2. The summed E-state index contributed by atoms with van der Waals surface area (Å²) in [5, 5.41) is 2.62. The molecule has 0 aliphatic carbocycles. The molecule has 1 aliphatic heterocycles. The molecule has 1 heterocycles. The average molecular weight is 210 g/mol. The van der Waals surface area contributed by atoms with E-state index in [0.717, 1.165) is 6.42 Å². The number of carbonyl (C=O) groups is 2. The van der Waals surface area contributed by atoms with Gasteiger partial charge in [0.15, 0.2) is 0 Å². The van der Waals surface area contributed by atoms with Crippen LogP contribution in [0.3, 0.4) is 0 Å². The van der Waals surface area contributed by atoms with Gasteiger partial charge in [0, 0.05) is 6.54 Å². The number of nitrogens with one attached hydrogen (secondary N) is 1. The molecule has 1 rings (SSSR count). The van der Waals surface area contributed by atoms with E-state index >= 15 is 0 Å².